The predicted octanol–water partition coefficient (Wildman–Crippen LogP) is 2.46. The van der Waals surface area contributed by atoms with Crippen LogP contribution in [0.25, 0.3) is 0 Å². The van der Waals surface area contributed by atoms with Crippen molar-refractivity contribution < 1.29 is 4.74 Å². The number of rotatable bonds is 3. The first-order valence-electron chi connectivity index (χ1n) is 2.45. The zero-order valence-electron chi connectivity index (χ0n) is 5.36. The minimum Gasteiger partial charge on any atom is -0.495 e. The van der Waals surface area contributed by atoms with Crippen molar-refractivity contribution in [1.82, 2.24) is 0 Å². The molecule has 0 saturated heterocycles. The van der Waals surface area contributed by atoms with Gasteiger partial charge in [0.25, 0.3) is 0 Å². The average molecular weight is 145 g/mol. The first kappa shape index (κ1) is 8.31. The number of ether oxygens (including phenoxy) is 1. The first-order chi connectivity index (χ1) is 4.26. The van der Waals surface area contributed by atoms with Crippen molar-refractivity contribution in [2.45, 2.75) is 0 Å². The molecule has 2 heteroatoms. The quantitative estimate of drug-likeness (QED) is 0.437. The highest BCUT2D eigenvalue weighted by Crippen LogP contribution is 2.10. The van der Waals surface area contributed by atoms with Gasteiger partial charge in [0.15, 0.2) is 0 Å². The molecule has 0 aliphatic rings. The molecular formula is C7H9ClO. The summed E-state index contributed by atoms with van der Waals surface area (Å²) in [6, 6.07) is 0. The van der Waals surface area contributed by atoms with Crippen LogP contribution >= 0.6 is 11.6 Å². The lowest BCUT2D eigenvalue weighted by Crippen LogP contribution is -1.82. The number of hydrogen-bond donors (Lipinski definition) is 0. The maximum Gasteiger partial charge on any atom is 0.136 e. The third-order valence-corrected chi connectivity index (χ3v) is 1.16. The highest BCUT2D eigenvalue weighted by atomic mass is 35.5. The Morgan fingerprint density at radius 1 is 1.44 bits per heavy atom. The smallest absolute Gasteiger partial charge is 0.136 e. The fourth-order valence-electron chi connectivity index (χ4n) is 0.379. The topological polar surface area (TPSA) is 9.23 Å². The van der Waals surface area contributed by atoms with Crippen LogP contribution in [0.3, 0.4) is 0 Å². The highest BCUT2D eigenvalue weighted by Gasteiger charge is 1.92. The molecular weight excluding hydrogens is 136 g/mol. The molecule has 0 bridgehead atoms. The Labute approximate surface area is 60.3 Å². The van der Waals surface area contributed by atoms with Gasteiger partial charge >= 0.3 is 0 Å². The second-order valence-corrected chi connectivity index (χ2v) is 1.73. The van der Waals surface area contributed by atoms with E-state index in [1.54, 1.807) is 0 Å². The summed E-state index contributed by atoms with van der Waals surface area (Å²) < 4.78 is 4.81. The third kappa shape index (κ3) is 2.38. The van der Waals surface area contributed by atoms with Crippen LogP contribution in [0.1, 0.15) is 0 Å². The van der Waals surface area contributed by atoms with Gasteiger partial charge in [-0.15, -0.1) is 0 Å². The molecule has 0 saturated carbocycles. The Morgan fingerprint density at radius 2 is 2.00 bits per heavy atom. The number of allylic oxidation sites excluding steroid dienone is 3. The Bertz CT molecular complexity index is 147. The van der Waals surface area contributed by atoms with Crippen LogP contribution < -0.4 is 0 Å². The summed E-state index contributed by atoms with van der Waals surface area (Å²) in [4.78, 5) is 0. The Kier molecular flexibility index (Phi) is 3.89. The van der Waals surface area contributed by atoms with E-state index in [-0.39, 0.29) is 0 Å². The monoisotopic (exact) mass is 144 g/mol. The minimum absolute atomic E-state index is 0.479. The van der Waals surface area contributed by atoms with Crippen LogP contribution in [0.2, 0.25) is 0 Å². The molecule has 0 aromatic carbocycles. The summed E-state index contributed by atoms with van der Waals surface area (Å²) in [7, 11) is 1.53. The summed E-state index contributed by atoms with van der Waals surface area (Å²) in [5.74, 6) is 0.548. The first-order valence-corrected chi connectivity index (χ1v) is 2.82. The van der Waals surface area contributed by atoms with Crippen molar-refractivity contribution in [2.24, 2.45) is 0 Å². The molecule has 50 valence electrons. The van der Waals surface area contributed by atoms with Crippen LogP contribution in [0, 0.1) is 0 Å². The standard InChI is InChI=1S/C7H9ClO/c1-4-6(8)7(5-2)9-3/h4-5H,1-2H2,3H3/b7-6-. The Balaban J connectivity index is 4.36. The molecule has 0 atom stereocenters. The van der Waals surface area contributed by atoms with E-state index >= 15 is 0 Å². The molecule has 0 amide bonds. The van der Waals surface area contributed by atoms with Gasteiger partial charge < -0.3 is 4.74 Å². The van der Waals surface area contributed by atoms with Gasteiger partial charge in [-0.05, 0) is 12.2 Å². The van der Waals surface area contributed by atoms with Crippen LogP contribution in [0.5, 0.6) is 0 Å². The van der Waals surface area contributed by atoms with E-state index in [4.69, 9.17) is 16.3 Å². The van der Waals surface area contributed by atoms with E-state index in [1.807, 2.05) is 0 Å². The van der Waals surface area contributed by atoms with E-state index in [1.165, 1.54) is 19.3 Å². The summed E-state index contributed by atoms with van der Waals surface area (Å²) in [5.41, 5.74) is 0. The maximum atomic E-state index is 5.60. The zero-order chi connectivity index (χ0) is 7.28. The van der Waals surface area contributed by atoms with Crippen LogP contribution in [0.4, 0.5) is 0 Å². The van der Waals surface area contributed by atoms with Crippen LogP contribution in [-0.2, 0) is 4.74 Å². The number of hydrogen-bond acceptors (Lipinski definition) is 1. The third-order valence-electron chi connectivity index (χ3n) is 0.820. The van der Waals surface area contributed by atoms with Gasteiger partial charge in [0, 0.05) is 0 Å². The Morgan fingerprint density at radius 3 is 2.11 bits per heavy atom. The van der Waals surface area contributed by atoms with Crippen LogP contribution in [-0.4, -0.2) is 7.11 Å². The van der Waals surface area contributed by atoms with Gasteiger partial charge in [0.2, 0.25) is 0 Å². The summed E-state index contributed by atoms with van der Waals surface area (Å²) in [6.07, 6.45) is 3.03. The summed E-state index contributed by atoms with van der Waals surface area (Å²) >= 11 is 5.60. The molecule has 0 unspecified atom stereocenters. The van der Waals surface area contributed by atoms with Gasteiger partial charge in [-0.3, -0.25) is 0 Å². The van der Waals surface area contributed by atoms with Gasteiger partial charge in [-0.2, -0.15) is 0 Å². The molecule has 9 heavy (non-hydrogen) atoms. The van der Waals surface area contributed by atoms with E-state index in [0.717, 1.165) is 0 Å². The molecule has 0 aromatic rings. The second kappa shape index (κ2) is 4.21. The van der Waals surface area contributed by atoms with Crippen molar-refractivity contribution >= 4 is 11.6 Å². The van der Waals surface area contributed by atoms with E-state index < -0.39 is 0 Å². The fraction of sp³-hybridized carbons (Fsp3) is 0.143. The molecule has 0 spiro atoms. The molecule has 0 aromatic heterocycles. The highest BCUT2D eigenvalue weighted by molar-refractivity contribution is 6.31. The van der Waals surface area contributed by atoms with E-state index in [9.17, 15) is 0 Å². The zero-order valence-corrected chi connectivity index (χ0v) is 6.11. The number of methoxy groups -OCH3 is 1. The predicted molar refractivity (Wildman–Crippen MR) is 40.3 cm³/mol. The summed E-state index contributed by atoms with van der Waals surface area (Å²) in [6.45, 7) is 6.95. The van der Waals surface area contributed by atoms with Gasteiger partial charge in [0.05, 0.1) is 12.1 Å². The van der Waals surface area contributed by atoms with Gasteiger partial charge in [-0.1, -0.05) is 24.8 Å². The molecule has 0 radical (unpaired) electrons. The summed E-state index contributed by atoms with van der Waals surface area (Å²) in [5, 5.41) is 0.479. The van der Waals surface area contributed by atoms with E-state index in [2.05, 4.69) is 13.2 Å². The Hall–Kier alpha value is -0.690. The van der Waals surface area contributed by atoms with E-state index in [0.29, 0.717) is 10.8 Å². The average Bonchev–Trinajstić information content (AvgIpc) is 1.90. The lowest BCUT2D eigenvalue weighted by atomic mass is 10.4. The van der Waals surface area contributed by atoms with Crippen molar-refractivity contribution in [3.63, 3.8) is 0 Å². The largest absolute Gasteiger partial charge is 0.495 e. The van der Waals surface area contributed by atoms with Crippen molar-refractivity contribution in [2.75, 3.05) is 7.11 Å². The molecule has 0 heterocycles. The molecule has 0 aliphatic heterocycles. The lowest BCUT2D eigenvalue weighted by molar-refractivity contribution is 0.306. The van der Waals surface area contributed by atoms with Crippen molar-refractivity contribution in [3.8, 4) is 0 Å². The van der Waals surface area contributed by atoms with Crippen molar-refractivity contribution in [3.05, 3.63) is 36.1 Å². The molecule has 0 rings (SSSR count). The second-order valence-electron chi connectivity index (χ2n) is 1.32. The SMILES string of the molecule is C=C/C(Cl)=C(\C=C)OC. The minimum atomic E-state index is 0.479. The maximum absolute atomic E-state index is 5.60. The van der Waals surface area contributed by atoms with Gasteiger partial charge in [0.1, 0.15) is 5.76 Å². The van der Waals surface area contributed by atoms with Gasteiger partial charge in [-0.25, -0.2) is 0 Å². The lowest BCUT2D eigenvalue weighted by Gasteiger charge is -1.98. The fourth-order valence-corrected chi connectivity index (χ4v) is 0.533. The van der Waals surface area contributed by atoms with Crippen LogP contribution in [0.15, 0.2) is 36.1 Å². The number of halogens is 1. The molecule has 0 aliphatic carbocycles. The van der Waals surface area contributed by atoms with Crippen molar-refractivity contribution in [1.29, 1.82) is 0 Å². The normalized spacial score (nSPS) is 11.8. The molecule has 0 N–H and O–H groups in total. The molecule has 1 nitrogen and oxygen atoms in total. The molecule has 0 fully saturated rings.